The Balaban J connectivity index is 0.000000425. The number of hydrogen-bond donors (Lipinski definition) is 0. The third kappa shape index (κ3) is 9.43. The van der Waals surface area contributed by atoms with Crippen molar-refractivity contribution in [3.63, 3.8) is 0 Å². The van der Waals surface area contributed by atoms with Crippen LogP contribution in [0.1, 0.15) is 63.5 Å². The second-order valence-corrected chi connectivity index (χ2v) is 6.31. The van der Waals surface area contributed by atoms with Crippen LogP contribution >= 0.6 is 11.9 Å². The van der Waals surface area contributed by atoms with Crippen LogP contribution in [0.3, 0.4) is 0 Å². The smallest absolute Gasteiger partial charge is 0.385 e. The SMILES string of the molecule is CC(C)c1cccc(C(C)C)c1OCl.[C-]1=CC=CC1.[C-]1=CC=CC1.[Zr+2]. The molecule has 0 bridgehead atoms. The Kier molecular flexibility index (Phi) is 13.9. The van der Waals surface area contributed by atoms with E-state index in [4.69, 9.17) is 16.2 Å². The third-order valence-corrected chi connectivity index (χ3v) is 3.72. The molecular formula is C22H27ClOZr. The molecule has 0 saturated heterocycles. The predicted octanol–water partition coefficient (Wildman–Crippen LogP) is 7.07. The Hall–Kier alpha value is -0.847. The van der Waals surface area contributed by atoms with E-state index >= 15 is 0 Å². The van der Waals surface area contributed by atoms with Gasteiger partial charge in [0, 0.05) is 0 Å². The van der Waals surface area contributed by atoms with Crippen molar-refractivity contribution in [2.75, 3.05) is 0 Å². The monoisotopic (exact) mass is 432 g/mol. The van der Waals surface area contributed by atoms with Gasteiger partial charge in [0.15, 0.2) is 5.75 Å². The van der Waals surface area contributed by atoms with Crippen molar-refractivity contribution in [1.82, 2.24) is 0 Å². The van der Waals surface area contributed by atoms with Crippen LogP contribution in [-0.2, 0) is 26.2 Å². The summed E-state index contributed by atoms with van der Waals surface area (Å²) in [6.07, 6.45) is 20.0. The largest absolute Gasteiger partial charge is 2.00 e. The summed E-state index contributed by atoms with van der Waals surface area (Å²) in [6, 6.07) is 6.19. The second kappa shape index (κ2) is 14.3. The van der Waals surface area contributed by atoms with Crippen molar-refractivity contribution in [2.24, 2.45) is 0 Å². The first-order valence-corrected chi connectivity index (χ1v) is 8.73. The van der Waals surface area contributed by atoms with Crippen molar-refractivity contribution in [2.45, 2.75) is 52.4 Å². The summed E-state index contributed by atoms with van der Waals surface area (Å²) in [4.78, 5) is 0. The summed E-state index contributed by atoms with van der Waals surface area (Å²) >= 11 is 5.53. The van der Waals surface area contributed by atoms with Crippen LogP contribution in [0.5, 0.6) is 5.75 Å². The Labute approximate surface area is 177 Å². The summed E-state index contributed by atoms with van der Waals surface area (Å²) in [6.45, 7) is 8.55. The van der Waals surface area contributed by atoms with Crippen molar-refractivity contribution < 1.29 is 30.5 Å². The van der Waals surface area contributed by atoms with Gasteiger partial charge in [0.05, 0.1) is 0 Å². The van der Waals surface area contributed by atoms with Crippen LogP contribution < -0.4 is 4.29 Å². The summed E-state index contributed by atoms with van der Waals surface area (Å²) in [7, 11) is 0. The minimum atomic E-state index is 0. The van der Waals surface area contributed by atoms with Crippen molar-refractivity contribution in [3.05, 3.63) is 77.9 Å². The average molecular weight is 434 g/mol. The standard InChI is InChI=1S/C12H17ClO.2C5H5.Zr/c1-8(2)10-6-5-7-11(9(3)4)12(10)14-13;2*1-2-4-5-3-1;/h5-9H,1-4H3;2*1-3H,4H2;/q;2*-1;+2. The number of allylic oxidation sites excluding steroid dienone is 8. The van der Waals surface area contributed by atoms with Crippen LogP contribution in [-0.4, -0.2) is 0 Å². The molecule has 0 fully saturated rings. The van der Waals surface area contributed by atoms with Gasteiger partial charge >= 0.3 is 26.2 Å². The van der Waals surface area contributed by atoms with Crippen molar-refractivity contribution in [1.29, 1.82) is 0 Å². The molecule has 25 heavy (non-hydrogen) atoms. The fraction of sp³-hybridized carbons (Fsp3) is 0.364. The fourth-order valence-corrected chi connectivity index (χ4v) is 2.43. The summed E-state index contributed by atoms with van der Waals surface area (Å²) in [5.41, 5.74) is 2.34. The molecule has 2 aliphatic carbocycles. The van der Waals surface area contributed by atoms with Gasteiger partial charge in [0.2, 0.25) is 0 Å². The average Bonchev–Trinajstić information content (AvgIpc) is 3.31. The van der Waals surface area contributed by atoms with Crippen LogP contribution in [0.25, 0.3) is 0 Å². The molecule has 3 rings (SSSR count). The number of rotatable bonds is 3. The molecule has 0 aliphatic heterocycles. The van der Waals surface area contributed by atoms with Crippen LogP contribution in [0, 0.1) is 12.2 Å². The van der Waals surface area contributed by atoms with E-state index in [-0.39, 0.29) is 26.2 Å². The Morgan fingerprint density at radius 2 is 1.32 bits per heavy atom. The van der Waals surface area contributed by atoms with Gasteiger partial charge in [-0.05, 0) is 23.0 Å². The first-order valence-electron chi connectivity index (χ1n) is 8.42. The van der Waals surface area contributed by atoms with E-state index in [9.17, 15) is 0 Å². The van der Waals surface area contributed by atoms with Crippen molar-refractivity contribution >= 4 is 11.9 Å². The van der Waals surface area contributed by atoms with E-state index in [1.165, 1.54) is 11.1 Å². The molecule has 1 aromatic carbocycles. The molecule has 0 saturated carbocycles. The number of hydrogen-bond acceptors (Lipinski definition) is 1. The molecular weight excluding hydrogens is 407 g/mol. The number of halogens is 1. The molecule has 0 amide bonds. The molecule has 0 atom stereocenters. The maximum atomic E-state index is 5.53. The second-order valence-electron chi connectivity index (χ2n) is 6.16. The zero-order valence-electron chi connectivity index (χ0n) is 15.6. The topological polar surface area (TPSA) is 9.23 Å². The predicted molar refractivity (Wildman–Crippen MR) is 104 cm³/mol. The van der Waals surface area contributed by atoms with Crippen molar-refractivity contribution in [3.8, 4) is 5.75 Å². The summed E-state index contributed by atoms with van der Waals surface area (Å²) in [5.74, 6) is 1.70. The summed E-state index contributed by atoms with van der Waals surface area (Å²) in [5, 5.41) is 0. The zero-order valence-corrected chi connectivity index (χ0v) is 18.8. The molecule has 3 heteroatoms. The van der Waals surface area contributed by atoms with Crippen LogP contribution in [0.4, 0.5) is 0 Å². The van der Waals surface area contributed by atoms with Crippen LogP contribution in [0.15, 0.2) is 54.7 Å². The quantitative estimate of drug-likeness (QED) is 0.463. The van der Waals surface area contributed by atoms with E-state index in [0.717, 1.165) is 18.6 Å². The maximum Gasteiger partial charge on any atom is 2.00 e. The van der Waals surface area contributed by atoms with E-state index in [1.54, 1.807) is 0 Å². The first-order chi connectivity index (χ1) is 11.6. The Bertz CT molecular complexity index is 530. The van der Waals surface area contributed by atoms with E-state index < -0.39 is 0 Å². The molecule has 2 aliphatic rings. The number of benzene rings is 1. The maximum absolute atomic E-state index is 5.53. The Morgan fingerprint density at radius 1 is 0.880 bits per heavy atom. The molecule has 0 spiro atoms. The van der Waals surface area contributed by atoms with Gasteiger partial charge in [0.25, 0.3) is 0 Å². The molecule has 1 nitrogen and oxygen atoms in total. The minimum Gasteiger partial charge on any atom is -0.385 e. The van der Waals surface area contributed by atoms with Gasteiger partial charge in [-0.25, -0.2) is 24.3 Å². The fourth-order valence-electron chi connectivity index (χ4n) is 2.25. The summed E-state index contributed by atoms with van der Waals surface area (Å²) < 4.78 is 4.97. The van der Waals surface area contributed by atoms with E-state index in [2.05, 4.69) is 70.2 Å². The van der Waals surface area contributed by atoms with E-state index in [0.29, 0.717) is 11.8 Å². The molecule has 132 valence electrons. The molecule has 0 heterocycles. The van der Waals surface area contributed by atoms with Crippen LogP contribution in [0.2, 0.25) is 0 Å². The first kappa shape index (κ1) is 24.2. The van der Waals surface area contributed by atoms with E-state index in [1.807, 2.05) is 24.3 Å². The van der Waals surface area contributed by atoms with Gasteiger partial charge in [0.1, 0.15) is 11.9 Å². The molecule has 0 radical (unpaired) electrons. The molecule has 0 N–H and O–H groups in total. The zero-order chi connectivity index (χ0) is 17.8. The van der Waals surface area contributed by atoms with Gasteiger partial charge in [-0.3, -0.25) is 12.2 Å². The van der Waals surface area contributed by atoms with Gasteiger partial charge in [-0.1, -0.05) is 45.9 Å². The van der Waals surface area contributed by atoms with Gasteiger partial charge < -0.3 is 4.29 Å². The minimum absolute atomic E-state index is 0. The Morgan fingerprint density at radius 3 is 1.52 bits per heavy atom. The molecule has 0 unspecified atom stereocenters. The normalized spacial score (nSPS) is 13.2. The molecule has 1 aromatic rings. The van der Waals surface area contributed by atoms with Gasteiger partial charge in [-0.15, -0.1) is 12.8 Å². The van der Waals surface area contributed by atoms with Gasteiger partial charge in [-0.2, -0.15) is 12.2 Å². The molecule has 0 aromatic heterocycles. The number of para-hydroxylation sites is 1. The third-order valence-electron chi connectivity index (χ3n) is 3.57.